The summed E-state index contributed by atoms with van der Waals surface area (Å²) in [5.41, 5.74) is 6.05. The molecular formula is C30H29N3O3. The summed E-state index contributed by atoms with van der Waals surface area (Å²) in [6.45, 7) is 5.03. The molecule has 0 aromatic heterocycles. The quantitative estimate of drug-likeness (QED) is 0.264. The van der Waals surface area contributed by atoms with Crippen LogP contribution in [0.15, 0.2) is 84.9 Å². The van der Waals surface area contributed by atoms with Gasteiger partial charge in [-0.2, -0.15) is 0 Å². The minimum Gasteiger partial charge on any atom is -0.462 e. The number of hydrogen-bond donors (Lipinski definition) is 2. The van der Waals surface area contributed by atoms with E-state index in [4.69, 9.17) is 4.74 Å². The molecule has 6 nitrogen and oxygen atoms in total. The Balaban J connectivity index is 1.47. The molecule has 0 aliphatic carbocycles. The van der Waals surface area contributed by atoms with Gasteiger partial charge in [0.15, 0.2) is 0 Å². The summed E-state index contributed by atoms with van der Waals surface area (Å²) in [5, 5.41) is 6.42. The molecule has 6 heteroatoms. The summed E-state index contributed by atoms with van der Waals surface area (Å²) in [5.74, 6) is -0.624. The lowest BCUT2D eigenvalue weighted by Crippen LogP contribution is -2.26. The number of esters is 1. The Morgan fingerprint density at radius 2 is 1.81 bits per heavy atom. The SMILES string of the molecule is CCOC(=O)c1ccc2c(c1)NC(=O)/C2=C(\Nc1ccc(CN2CC=CCC2)cc1)c1ccccc1. The number of fused-ring (bicyclic) bond motifs is 1. The number of ether oxygens (including phenoxy) is 1. The number of carbonyl (C=O) groups is 2. The minimum atomic E-state index is -0.408. The lowest BCUT2D eigenvalue weighted by atomic mass is 9.99. The number of nitrogens with one attached hydrogen (secondary N) is 2. The Hall–Kier alpha value is -4.16. The highest BCUT2D eigenvalue weighted by molar-refractivity contribution is 6.37. The van der Waals surface area contributed by atoms with Crippen LogP contribution >= 0.6 is 0 Å². The molecule has 182 valence electrons. The Bertz CT molecular complexity index is 1330. The summed E-state index contributed by atoms with van der Waals surface area (Å²) in [7, 11) is 0. The number of benzene rings is 3. The van der Waals surface area contributed by atoms with Crippen LogP contribution in [0, 0.1) is 0 Å². The molecule has 0 unspecified atom stereocenters. The Morgan fingerprint density at radius 3 is 2.53 bits per heavy atom. The third-order valence-electron chi connectivity index (χ3n) is 6.36. The van der Waals surface area contributed by atoms with Crippen LogP contribution in [0.1, 0.15) is 40.4 Å². The average molecular weight is 480 g/mol. The van der Waals surface area contributed by atoms with Gasteiger partial charge in [0.2, 0.25) is 0 Å². The monoisotopic (exact) mass is 479 g/mol. The van der Waals surface area contributed by atoms with Crippen LogP contribution in [-0.4, -0.2) is 36.5 Å². The van der Waals surface area contributed by atoms with Gasteiger partial charge in [-0.25, -0.2) is 4.79 Å². The number of anilines is 2. The van der Waals surface area contributed by atoms with Crippen molar-refractivity contribution in [3.8, 4) is 0 Å². The van der Waals surface area contributed by atoms with Gasteiger partial charge >= 0.3 is 5.97 Å². The van der Waals surface area contributed by atoms with Crippen LogP contribution in [0.25, 0.3) is 11.3 Å². The normalized spacial score (nSPS) is 16.3. The van der Waals surface area contributed by atoms with Gasteiger partial charge in [0.1, 0.15) is 0 Å². The van der Waals surface area contributed by atoms with Crippen LogP contribution in [0.2, 0.25) is 0 Å². The highest BCUT2D eigenvalue weighted by Crippen LogP contribution is 2.38. The zero-order chi connectivity index (χ0) is 24.9. The molecule has 5 rings (SSSR count). The first-order valence-corrected chi connectivity index (χ1v) is 12.3. The summed E-state index contributed by atoms with van der Waals surface area (Å²) in [4.78, 5) is 27.8. The van der Waals surface area contributed by atoms with E-state index in [0.717, 1.165) is 42.9 Å². The van der Waals surface area contributed by atoms with Gasteiger partial charge in [-0.15, -0.1) is 0 Å². The number of nitrogens with zero attached hydrogens (tertiary/aromatic N) is 1. The standard InChI is InChI=1S/C30H29N3O3/c1-2-36-30(35)23-13-16-25-26(19-23)32-29(34)27(25)28(22-9-5-3-6-10-22)31-24-14-11-21(12-15-24)20-33-17-7-4-8-18-33/h3-7,9-16,19,31H,2,8,17-18,20H2,1H3,(H,32,34)/b28-27-. The maximum Gasteiger partial charge on any atom is 0.338 e. The number of rotatable bonds is 7. The molecule has 2 heterocycles. The number of carbonyl (C=O) groups excluding carboxylic acids is 2. The second-order valence-corrected chi connectivity index (χ2v) is 8.87. The molecule has 0 bridgehead atoms. The first-order valence-electron chi connectivity index (χ1n) is 12.3. The van der Waals surface area contributed by atoms with Gasteiger partial charge < -0.3 is 15.4 Å². The third-order valence-corrected chi connectivity index (χ3v) is 6.36. The van der Waals surface area contributed by atoms with E-state index in [0.29, 0.717) is 29.1 Å². The van der Waals surface area contributed by atoms with Gasteiger partial charge in [-0.1, -0.05) is 60.7 Å². The van der Waals surface area contributed by atoms with Gasteiger partial charge in [-0.3, -0.25) is 9.69 Å². The van der Waals surface area contributed by atoms with E-state index in [-0.39, 0.29) is 5.91 Å². The average Bonchev–Trinajstić information content (AvgIpc) is 3.24. The molecule has 1 amide bonds. The lowest BCUT2D eigenvalue weighted by molar-refractivity contribution is -0.110. The maximum absolute atomic E-state index is 13.2. The fraction of sp³-hybridized carbons (Fsp3) is 0.200. The molecule has 3 aromatic carbocycles. The number of hydrogen-bond acceptors (Lipinski definition) is 5. The number of amides is 1. The summed E-state index contributed by atoms with van der Waals surface area (Å²) < 4.78 is 5.11. The van der Waals surface area contributed by atoms with Gasteiger partial charge in [0.25, 0.3) is 5.91 Å². The molecule has 0 radical (unpaired) electrons. The highest BCUT2D eigenvalue weighted by Gasteiger charge is 2.29. The summed E-state index contributed by atoms with van der Waals surface area (Å²) in [6.07, 6.45) is 5.55. The van der Waals surface area contributed by atoms with Crippen molar-refractivity contribution in [1.82, 2.24) is 4.90 Å². The molecule has 2 aliphatic rings. The lowest BCUT2D eigenvalue weighted by Gasteiger charge is -2.23. The smallest absolute Gasteiger partial charge is 0.338 e. The second-order valence-electron chi connectivity index (χ2n) is 8.87. The molecule has 3 aromatic rings. The fourth-order valence-electron chi connectivity index (χ4n) is 4.58. The van der Waals surface area contributed by atoms with E-state index in [1.54, 1.807) is 25.1 Å². The zero-order valence-corrected chi connectivity index (χ0v) is 20.3. The van der Waals surface area contributed by atoms with E-state index in [9.17, 15) is 9.59 Å². The Labute approximate surface area is 211 Å². The third kappa shape index (κ3) is 5.09. The van der Waals surface area contributed by atoms with Crippen molar-refractivity contribution in [3.63, 3.8) is 0 Å². The largest absolute Gasteiger partial charge is 0.462 e. The van der Waals surface area contributed by atoms with Crippen molar-refractivity contribution < 1.29 is 14.3 Å². The van der Waals surface area contributed by atoms with Gasteiger partial charge in [0, 0.05) is 30.9 Å². The molecule has 2 N–H and O–H groups in total. The van der Waals surface area contributed by atoms with Crippen LogP contribution < -0.4 is 10.6 Å². The molecule has 0 atom stereocenters. The zero-order valence-electron chi connectivity index (χ0n) is 20.3. The van der Waals surface area contributed by atoms with Gasteiger partial charge in [-0.05, 0) is 48.7 Å². The van der Waals surface area contributed by atoms with E-state index in [2.05, 4.69) is 52.0 Å². The van der Waals surface area contributed by atoms with Crippen molar-refractivity contribution >= 4 is 34.5 Å². The van der Waals surface area contributed by atoms with Crippen LogP contribution in [0.3, 0.4) is 0 Å². The van der Waals surface area contributed by atoms with Crippen molar-refractivity contribution in [3.05, 3.63) is 107 Å². The first kappa shape index (κ1) is 23.6. The second kappa shape index (κ2) is 10.6. The summed E-state index contributed by atoms with van der Waals surface area (Å²) >= 11 is 0. The van der Waals surface area contributed by atoms with E-state index < -0.39 is 5.97 Å². The van der Waals surface area contributed by atoms with E-state index >= 15 is 0 Å². The molecule has 0 spiro atoms. The maximum atomic E-state index is 13.2. The van der Waals surface area contributed by atoms with Crippen molar-refractivity contribution in [2.75, 3.05) is 30.3 Å². The fourth-order valence-corrected chi connectivity index (χ4v) is 4.58. The summed E-state index contributed by atoms with van der Waals surface area (Å²) in [6, 6.07) is 23.3. The predicted octanol–water partition coefficient (Wildman–Crippen LogP) is 5.56. The van der Waals surface area contributed by atoms with Crippen molar-refractivity contribution in [2.45, 2.75) is 19.9 Å². The van der Waals surface area contributed by atoms with Gasteiger partial charge in [0.05, 0.1) is 29.1 Å². The molecule has 0 fully saturated rings. The highest BCUT2D eigenvalue weighted by atomic mass is 16.5. The Kier molecular flexibility index (Phi) is 6.96. The van der Waals surface area contributed by atoms with Crippen LogP contribution in [0.5, 0.6) is 0 Å². The molecule has 0 saturated heterocycles. The van der Waals surface area contributed by atoms with E-state index in [1.807, 2.05) is 30.3 Å². The van der Waals surface area contributed by atoms with Crippen LogP contribution in [0.4, 0.5) is 11.4 Å². The predicted molar refractivity (Wildman–Crippen MR) is 143 cm³/mol. The minimum absolute atomic E-state index is 0.216. The first-order chi connectivity index (χ1) is 17.6. The molecule has 36 heavy (non-hydrogen) atoms. The Morgan fingerprint density at radius 1 is 1.00 bits per heavy atom. The van der Waals surface area contributed by atoms with E-state index in [1.165, 1.54) is 5.56 Å². The van der Waals surface area contributed by atoms with Crippen molar-refractivity contribution in [1.29, 1.82) is 0 Å². The molecular weight excluding hydrogens is 450 g/mol. The molecule has 2 aliphatic heterocycles. The van der Waals surface area contributed by atoms with Crippen LogP contribution in [-0.2, 0) is 16.1 Å². The molecule has 0 saturated carbocycles. The topological polar surface area (TPSA) is 70.7 Å². The van der Waals surface area contributed by atoms with Crippen molar-refractivity contribution in [2.24, 2.45) is 0 Å².